The van der Waals surface area contributed by atoms with Crippen LogP contribution in [0.3, 0.4) is 0 Å². The smallest absolute Gasteiger partial charge is 0.162 e. The molecule has 13 heavy (non-hydrogen) atoms. The summed E-state index contributed by atoms with van der Waals surface area (Å²) in [5.74, 6) is 0.185. The Kier molecular flexibility index (Phi) is 1.97. The van der Waals surface area contributed by atoms with Crippen molar-refractivity contribution in [3.8, 4) is 0 Å². The Hall–Kier alpha value is -1.44. The van der Waals surface area contributed by atoms with Crippen LogP contribution in [0.1, 0.15) is 23.7 Å². The van der Waals surface area contributed by atoms with Crippen LogP contribution in [0.5, 0.6) is 0 Å². The molecule has 2 nitrogen and oxygen atoms in total. The summed E-state index contributed by atoms with van der Waals surface area (Å²) in [6, 6.07) is 5.72. The zero-order chi connectivity index (χ0) is 9.26. The fourth-order valence-corrected chi connectivity index (χ4v) is 1.47. The van der Waals surface area contributed by atoms with Gasteiger partial charge in [-0.05, 0) is 11.3 Å². The fraction of sp³-hybridized carbons (Fsp3) is 0.273. The molecule has 0 atom stereocenters. The van der Waals surface area contributed by atoms with Crippen molar-refractivity contribution in [1.82, 2.24) is 0 Å². The van der Waals surface area contributed by atoms with Gasteiger partial charge in [-0.3, -0.25) is 9.79 Å². The van der Waals surface area contributed by atoms with Crippen LogP contribution in [-0.4, -0.2) is 12.3 Å². The number of Topliss-reactive ketones (excluding diaryl/α,β-unsaturated/α-hetero) is 1. The van der Waals surface area contributed by atoms with Gasteiger partial charge in [0.15, 0.2) is 5.78 Å². The fourth-order valence-electron chi connectivity index (χ4n) is 1.47. The molecule has 0 bridgehead atoms. The predicted octanol–water partition coefficient (Wildman–Crippen LogP) is 0.693. The average molecular weight is 173 g/mol. The normalized spacial score (nSPS) is 13.0. The highest BCUT2D eigenvalue weighted by Gasteiger charge is 2.03. The van der Waals surface area contributed by atoms with Crippen LogP contribution in [0.25, 0.3) is 6.08 Å². The van der Waals surface area contributed by atoms with Gasteiger partial charge in [-0.2, -0.15) is 0 Å². The maximum absolute atomic E-state index is 11.4. The lowest BCUT2D eigenvalue weighted by Crippen LogP contribution is -2.22. The number of hydrogen-bond acceptors (Lipinski definition) is 2. The van der Waals surface area contributed by atoms with E-state index in [-0.39, 0.29) is 5.78 Å². The second kappa shape index (κ2) is 3.13. The van der Waals surface area contributed by atoms with Crippen LogP contribution in [0, 0.1) is 0 Å². The molecule has 0 unspecified atom stereocenters. The summed E-state index contributed by atoms with van der Waals surface area (Å²) in [5.41, 5.74) is 0.778. The van der Waals surface area contributed by atoms with Crippen molar-refractivity contribution in [1.29, 1.82) is 0 Å². The van der Waals surface area contributed by atoms with Crippen LogP contribution in [0.15, 0.2) is 23.2 Å². The lowest BCUT2D eigenvalue weighted by molar-refractivity contribution is 0.0988. The first-order valence-electron chi connectivity index (χ1n) is 4.49. The van der Waals surface area contributed by atoms with Gasteiger partial charge in [-0.1, -0.05) is 25.1 Å². The molecule has 0 amide bonds. The van der Waals surface area contributed by atoms with Crippen LogP contribution in [0.4, 0.5) is 0 Å². The van der Waals surface area contributed by atoms with E-state index in [1.165, 1.54) is 0 Å². The Labute approximate surface area is 76.6 Å². The molecule has 1 aliphatic heterocycles. The van der Waals surface area contributed by atoms with E-state index < -0.39 is 0 Å². The van der Waals surface area contributed by atoms with Gasteiger partial charge in [0.05, 0.1) is 11.9 Å². The van der Waals surface area contributed by atoms with Crippen molar-refractivity contribution in [2.75, 3.05) is 6.54 Å². The van der Waals surface area contributed by atoms with E-state index in [0.717, 1.165) is 22.7 Å². The van der Waals surface area contributed by atoms with E-state index in [2.05, 4.69) is 11.1 Å². The Balaban J connectivity index is 2.55. The number of fused-ring (bicyclic) bond motifs is 1. The SMILES string of the molecule is CCC(=O)c1ccc2c(c1)=NCC=2. The van der Waals surface area contributed by atoms with Gasteiger partial charge in [0.1, 0.15) is 0 Å². The van der Waals surface area contributed by atoms with Gasteiger partial charge < -0.3 is 0 Å². The molecule has 0 saturated heterocycles. The largest absolute Gasteiger partial charge is 0.294 e. The van der Waals surface area contributed by atoms with Crippen molar-refractivity contribution in [2.24, 2.45) is 4.99 Å². The second-order valence-corrected chi connectivity index (χ2v) is 3.10. The highest BCUT2D eigenvalue weighted by molar-refractivity contribution is 5.95. The molecular weight excluding hydrogens is 162 g/mol. The lowest BCUT2D eigenvalue weighted by Gasteiger charge is -1.95. The van der Waals surface area contributed by atoms with Gasteiger partial charge in [0.2, 0.25) is 0 Å². The Morgan fingerprint density at radius 2 is 2.38 bits per heavy atom. The van der Waals surface area contributed by atoms with E-state index in [4.69, 9.17) is 0 Å². The first-order chi connectivity index (χ1) is 6.31. The topological polar surface area (TPSA) is 29.4 Å². The third-order valence-electron chi connectivity index (χ3n) is 2.25. The minimum atomic E-state index is 0.185. The van der Waals surface area contributed by atoms with Crippen LogP contribution >= 0.6 is 0 Å². The number of benzene rings is 1. The second-order valence-electron chi connectivity index (χ2n) is 3.10. The molecule has 0 radical (unpaired) electrons. The summed E-state index contributed by atoms with van der Waals surface area (Å²) in [6.45, 7) is 2.62. The molecule has 0 saturated carbocycles. The molecular formula is C11H11NO. The van der Waals surface area contributed by atoms with E-state index >= 15 is 0 Å². The molecule has 66 valence electrons. The summed E-state index contributed by atoms with van der Waals surface area (Å²) in [7, 11) is 0. The first-order valence-corrected chi connectivity index (χ1v) is 4.49. The van der Waals surface area contributed by atoms with Crippen molar-refractivity contribution in [3.05, 3.63) is 34.3 Å². The van der Waals surface area contributed by atoms with E-state index in [1.807, 2.05) is 25.1 Å². The molecule has 0 fully saturated rings. The third kappa shape index (κ3) is 1.39. The van der Waals surface area contributed by atoms with Crippen LogP contribution in [-0.2, 0) is 0 Å². The first kappa shape index (κ1) is 8.17. The van der Waals surface area contributed by atoms with Gasteiger partial charge in [0.25, 0.3) is 0 Å². The van der Waals surface area contributed by atoms with Crippen molar-refractivity contribution < 1.29 is 4.79 Å². The zero-order valence-corrected chi connectivity index (χ0v) is 7.58. The van der Waals surface area contributed by atoms with Gasteiger partial charge in [-0.15, -0.1) is 0 Å². The molecule has 0 spiro atoms. The molecule has 1 heterocycles. The average Bonchev–Trinajstić information content (AvgIpc) is 2.63. The summed E-state index contributed by atoms with van der Waals surface area (Å²) in [4.78, 5) is 15.6. The third-order valence-corrected chi connectivity index (χ3v) is 2.25. The van der Waals surface area contributed by atoms with E-state index in [1.54, 1.807) is 0 Å². The molecule has 0 aromatic heterocycles. The maximum Gasteiger partial charge on any atom is 0.162 e. The molecule has 0 aliphatic carbocycles. The number of hydrogen-bond donors (Lipinski definition) is 0. The molecule has 2 heteroatoms. The molecule has 1 aliphatic rings. The Morgan fingerprint density at radius 3 is 3.15 bits per heavy atom. The standard InChI is InChI=1S/C11H11NO/c1-2-11(13)9-4-3-8-5-6-12-10(8)7-9/h3-5,7H,2,6H2,1H3. The van der Waals surface area contributed by atoms with Crippen LogP contribution in [0.2, 0.25) is 0 Å². The Bertz CT molecular complexity index is 459. The summed E-state index contributed by atoms with van der Waals surface area (Å²) < 4.78 is 0. The highest BCUT2D eigenvalue weighted by Crippen LogP contribution is 1.98. The van der Waals surface area contributed by atoms with E-state index in [9.17, 15) is 4.79 Å². The summed E-state index contributed by atoms with van der Waals surface area (Å²) >= 11 is 0. The Morgan fingerprint density at radius 1 is 1.54 bits per heavy atom. The monoisotopic (exact) mass is 173 g/mol. The van der Waals surface area contributed by atoms with Crippen molar-refractivity contribution in [2.45, 2.75) is 13.3 Å². The number of carbonyl (C=O) groups excluding carboxylic acids is 1. The minimum absolute atomic E-state index is 0.185. The quantitative estimate of drug-likeness (QED) is 0.605. The van der Waals surface area contributed by atoms with Gasteiger partial charge in [0, 0.05) is 12.0 Å². The molecule has 1 aromatic carbocycles. The van der Waals surface area contributed by atoms with Crippen molar-refractivity contribution >= 4 is 11.9 Å². The molecule has 1 aromatic rings. The van der Waals surface area contributed by atoms with E-state index in [0.29, 0.717) is 6.42 Å². The molecule has 2 rings (SSSR count). The number of ketones is 1. The number of nitrogens with zero attached hydrogens (tertiary/aromatic N) is 1. The summed E-state index contributed by atoms with van der Waals surface area (Å²) in [6.07, 6.45) is 2.62. The highest BCUT2D eigenvalue weighted by atomic mass is 16.1. The predicted molar refractivity (Wildman–Crippen MR) is 51.2 cm³/mol. The molecule has 0 N–H and O–H groups in total. The van der Waals surface area contributed by atoms with Crippen LogP contribution < -0.4 is 10.6 Å². The maximum atomic E-state index is 11.4. The lowest BCUT2D eigenvalue weighted by atomic mass is 10.1. The number of carbonyl (C=O) groups is 1. The number of rotatable bonds is 2. The van der Waals surface area contributed by atoms with Crippen molar-refractivity contribution in [3.63, 3.8) is 0 Å². The minimum Gasteiger partial charge on any atom is -0.294 e. The van der Waals surface area contributed by atoms with Gasteiger partial charge in [-0.25, -0.2) is 0 Å². The summed E-state index contributed by atoms with van der Waals surface area (Å²) in [5, 5.41) is 2.10. The van der Waals surface area contributed by atoms with Gasteiger partial charge >= 0.3 is 0 Å². The zero-order valence-electron chi connectivity index (χ0n) is 7.58.